The third-order valence-electron chi connectivity index (χ3n) is 4.60. The van der Waals surface area contributed by atoms with Crippen LogP contribution in [0.25, 0.3) is 0 Å². The minimum Gasteiger partial charge on any atom is -0.508 e. The number of phenols is 1. The third-order valence-corrected chi connectivity index (χ3v) is 4.60. The third kappa shape index (κ3) is 3.99. The summed E-state index contributed by atoms with van der Waals surface area (Å²) in [6.45, 7) is 7.62. The fourth-order valence-corrected chi connectivity index (χ4v) is 3.60. The van der Waals surface area contributed by atoms with Crippen LogP contribution in [0.2, 0.25) is 0 Å². The van der Waals surface area contributed by atoms with E-state index in [0.717, 1.165) is 19.4 Å². The van der Waals surface area contributed by atoms with E-state index in [-0.39, 0.29) is 5.41 Å². The molecule has 0 aromatic heterocycles. The first kappa shape index (κ1) is 17.0. The molecule has 2 heteroatoms. The molecule has 1 aromatic carbocycles. The Bertz CT molecular complexity index is 383. The molecule has 0 amide bonds. The normalized spacial score (nSPS) is 13.4. The van der Waals surface area contributed by atoms with E-state index in [1.165, 1.54) is 31.2 Å². The first-order valence-corrected chi connectivity index (χ1v) is 8.10. The van der Waals surface area contributed by atoms with E-state index < -0.39 is 0 Å². The van der Waals surface area contributed by atoms with Gasteiger partial charge in [-0.15, -0.1) is 0 Å². The minimum absolute atomic E-state index is 0.178. The largest absolute Gasteiger partial charge is 0.508 e. The standard InChI is InChI=1S/C18H31NO/c1-4-11-18(12-5-2,15(3)8-7-13-19)16-9-6-10-17(20)14-16/h6,9-10,14-15,20H,4-5,7-8,11-13,19H2,1-3H3. The Hall–Kier alpha value is -1.02. The number of nitrogens with two attached hydrogens (primary N) is 1. The van der Waals surface area contributed by atoms with Gasteiger partial charge in [0.25, 0.3) is 0 Å². The molecule has 1 aromatic rings. The van der Waals surface area contributed by atoms with Crippen molar-refractivity contribution >= 4 is 0 Å². The van der Waals surface area contributed by atoms with Crippen molar-refractivity contribution in [2.24, 2.45) is 11.7 Å². The molecule has 20 heavy (non-hydrogen) atoms. The van der Waals surface area contributed by atoms with E-state index in [0.29, 0.717) is 11.7 Å². The molecule has 1 atom stereocenters. The molecule has 0 aliphatic rings. The first-order valence-electron chi connectivity index (χ1n) is 8.10. The summed E-state index contributed by atoms with van der Waals surface area (Å²) in [6.07, 6.45) is 6.93. The zero-order valence-electron chi connectivity index (χ0n) is 13.4. The Labute approximate surface area is 124 Å². The summed E-state index contributed by atoms with van der Waals surface area (Å²) in [5.41, 5.74) is 7.17. The summed E-state index contributed by atoms with van der Waals surface area (Å²) >= 11 is 0. The molecule has 3 N–H and O–H groups in total. The summed E-state index contributed by atoms with van der Waals surface area (Å²) in [4.78, 5) is 0. The van der Waals surface area contributed by atoms with Crippen molar-refractivity contribution in [3.63, 3.8) is 0 Å². The second kappa shape index (κ2) is 8.31. The van der Waals surface area contributed by atoms with Crippen molar-refractivity contribution in [2.75, 3.05) is 6.54 Å². The molecule has 1 unspecified atom stereocenters. The van der Waals surface area contributed by atoms with Gasteiger partial charge < -0.3 is 10.8 Å². The maximum absolute atomic E-state index is 9.85. The van der Waals surface area contributed by atoms with E-state index >= 15 is 0 Å². The van der Waals surface area contributed by atoms with E-state index in [1.54, 1.807) is 6.07 Å². The zero-order chi connectivity index (χ0) is 15.0. The van der Waals surface area contributed by atoms with Gasteiger partial charge in [0.05, 0.1) is 0 Å². The Balaban J connectivity index is 3.15. The van der Waals surface area contributed by atoms with Crippen LogP contribution in [0, 0.1) is 5.92 Å². The van der Waals surface area contributed by atoms with E-state index in [9.17, 15) is 5.11 Å². The predicted molar refractivity (Wildman–Crippen MR) is 87.1 cm³/mol. The fraction of sp³-hybridized carbons (Fsp3) is 0.667. The maximum Gasteiger partial charge on any atom is 0.115 e. The Morgan fingerprint density at radius 3 is 2.35 bits per heavy atom. The SMILES string of the molecule is CCCC(CCC)(c1cccc(O)c1)C(C)CCCN. The van der Waals surface area contributed by atoms with Gasteiger partial charge in [0.2, 0.25) is 0 Å². The smallest absolute Gasteiger partial charge is 0.115 e. The predicted octanol–water partition coefficient (Wildman–Crippen LogP) is 4.61. The van der Waals surface area contributed by atoms with Crippen LogP contribution in [-0.2, 0) is 5.41 Å². The number of hydrogen-bond acceptors (Lipinski definition) is 2. The van der Waals surface area contributed by atoms with Crippen LogP contribution < -0.4 is 5.73 Å². The van der Waals surface area contributed by atoms with Gasteiger partial charge in [-0.1, -0.05) is 45.7 Å². The van der Waals surface area contributed by atoms with Gasteiger partial charge in [-0.3, -0.25) is 0 Å². The van der Waals surface area contributed by atoms with Gasteiger partial charge in [0, 0.05) is 0 Å². The number of aromatic hydroxyl groups is 1. The molecule has 0 aliphatic carbocycles. The number of hydrogen-bond donors (Lipinski definition) is 2. The van der Waals surface area contributed by atoms with Crippen LogP contribution in [0.15, 0.2) is 24.3 Å². The quantitative estimate of drug-likeness (QED) is 0.692. The number of benzene rings is 1. The molecular formula is C18H31NO. The molecule has 0 heterocycles. The summed E-state index contributed by atoms with van der Waals surface area (Å²) in [7, 11) is 0. The van der Waals surface area contributed by atoms with Crippen molar-refractivity contribution in [1.29, 1.82) is 0 Å². The molecule has 2 nitrogen and oxygen atoms in total. The minimum atomic E-state index is 0.178. The highest BCUT2D eigenvalue weighted by Gasteiger charge is 2.35. The monoisotopic (exact) mass is 277 g/mol. The Morgan fingerprint density at radius 1 is 1.20 bits per heavy atom. The second-order valence-corrected chi connectivity index (χ2v) is 6.04. The summed E-state index contributed by atoms with van der Waals surface area (Å²) in [6, 6.07) is 7.88. The van der Waals surface area contributed by atoms with Gasteiger partial charge in [0.1, 0.15) is 5.75 Å². The van der Waals surface area contributed by atoms with E-state index in [1.807, 2.05) is 12.1 Å². The van der Waals surface area contributed by atoms with Crippen LogP contribution >= 0.6 is 0 Å². The van der Waals surface area contributed by atoms with Crippen molar-refractivity contribution in [3.8, 4) is 5.75 Å². The van der Waals surface area contributed by atoms with Gasteiger partial charge in [0.15, 0.2) is 0 Å². The Morgan fingerprint density at radius 2 is 1.85 bits per heavy atom. The number of phenolic OH excluding ortho intramolecular Hbond substituents is 1. The summed E-state index contributed by atoms with van der Waals surface area (Å²) < 4.78 is 0. The molecule has 0 radical (unpaired) electrons. The lowest BCUT2D eigenvalue weighted by atomic mass is 9.64. The maximum atomic E-state index is 9.85. The lowest BCUT2D eigenvalue weighted by Gasteiger charge is -2.40. The van der Waals surface area contributed by atoms with E-state index in [4.69, 9.17) is 5.73 Å². The summed E-state index contributed by atoms with van der Waals surface area (Å²) in [5, 5.41) is 9.85. The summed E-state index contributed by atoms with van der Waals surface area (Å²) in [5.74, 6) is 0.970. The van der Waals surface area contributed by atoms with Crippen LogP contribution in [0.3, 0.4) is 0 Å². The molecule has 114 valence electrons. The van der Waals surface area contributed by atoms with Crippen LogP contribution in [0.4, 0.5) is 0 Å². The van der Waals surface area contributed by atoms with Gasteiger partial charge in [-0.05, 0) is 61.3 Å². The molecule has 1 rings (SSSR count). The average Bonchev–Trinajstić information content (AvgIpc) is 2.44. The molecular weight excluding hydrogens is 246 g/mol. The van der Waals surface area contributed by atoms with Crippen molar-refractivity contribution < 1.29 is 5.11 Å². The highest BCUT2D eigenvalue weighted by molar-refractivity contribution is 5.33. The lowest BCUT2D eigenvalue weighted by molar-refractivity contribution is 0.226. The second-order valence-electron chi connectivity index (χ2n) is 6.04. The Kier molecular flexibility index (Phi) is 7.08. The fourth-order valence-electron chi connectivity index (χ4n) is 3.60. The van der Waals surface area contributed by atoms with Crippen LogP contribution in [0.1, 0.15) is 64.9 Å². The molecule has 0 saturated heterocycles. The van der Waals surface area contributed by atoms with Gasteiger partial charge >= 0.3 is 0 Å². The van der Waals surface area contributed by atoms with Gasteiger partial charge in [-0.2, -0.15) is 0 Å². The average molecular weight is 277 g/mol. The molecule has 0 bridgehead atoms. The first-order chi connectivity index (χ1) is 9.60. The molecule has 0 aliphatic heterocycles. The van der Waals surface area contributed by atoms with Crippen molar-refractivity contribution in [1.82, 2.24) is 0 Å². The van der Waals surface area contributed by atoms with Crippen LogP contribution in [0.5, 0.6) is 5.75 Å². The van der Waals surface area contributed by atoms with Gasteiger partial charge in [-0.25, -0.2) is 0 Å². The molecule has 0 spiro atoms. The number of rotatable bonds is 9. The zero-order valence-corrected chi connectivity index (χ0v) is 13.4. The van der Waals surface area contributed by atoms with Crippen molar-refractivity contribution in [2.45, 2.75) is 64.7 Å². The lowest BCUT2D eigenvalue weighted by Crippen LogP contribution is -2.34. The molecule has 0 saturated carbocycles. The highest BCUT2D eigenvalue weighted by Crippen LogP contribution is 2.43. The highest BCUT2D eigenvalue weighted by atomic mass is 16.3. The van der Waals surface area contributed by atoms with Crippen molar-refractivity contribution in [3.05, 3.63) is 29.8 Å². The topological polar surface area (TPSA) is 46.2 Å². The molecule has 0 fully saturated rings. The van der Waals surface area contributed by atoms with Crippen LogP contribution in [-0.4, -0.2) is 11.7 Å². The van der Waals surface area contributed by atoms with E-state index in [2.05, 4.69) is 26.8 Å².